The molecule has 0 spiro atoms. The number of hydrogen-bond acceptors (Lipinski definition) is 0. The van der Waals surface area contributed by atoms with Crippen LogP contribution in [0.2, 0.25) is 0 Å². The summed E-state index contributed by atoms with van der Waals surface area (Å²) in [5.74, 6) is 0. The minimum absolute atomic E-state index is 0.287. The lowest BCUT2D eigenvalue weighted by Gasteiger charge is -2.29. The van der Waals surface area contributed by atoms with Gasteiger partial charge in [-0.2, -0.15) is 0 Å². The van der Waals surface area contributed by atoms with E-state index in [9.17, 15) is 0 Å². The number of aromatic nitrogens is 3. The first-order valence-electron chi connectivity index (χ1n) is 24.9. The van der Waals surface area contributed by atoms with Gasteiger partial charge in [0.1, 0.15) is 0 Å². The predicted octanol–water partition coefficient (Wildman–Crippen LogP) is 17.2. The molecule has 0 fully saturated rings. The Bertz CT molecular complexity index is 4310. The second kappa shape index (κ2) is 13.2. The molecule has 0 atom stereocenters. The van der Waals surface area contributed by atoms with E-state index in [1.165, 1.54) is 149 Å². The van der Waals surface area contributed by atoms with E-state index in [4.69, 9.17) is 0 Å². The number of rotatable bonds is 3. The maximum Gasteiger partial charge on any atom is 0.0541 e. The summed E-state index contributed by atoms with van der Waals surface area (Å²) in [7, 11) is 0. The minimum Gasteiger partial charge on any atom is -0.309 e. The molecule has 3 aromatic heterocycles. The van der Waals surface area contributed by atoms with Gasteiger partial charge in [-0.05, 0) is 146 Å². The maximum absolute atomic E-state index is 2.53. The molecule has 3 nitrogen and oxygen atoms in total. The average Bonchev–Trinajstić information content (AvgIpc) is 4.22. The Morgan fingerprint density at radius 1 is 0.314 bits per heavy atom. The topological polar surface area (TPSA) is 14.8 Å². The van der Waals surface area contributed by atoms with Gasteiger partial charge in [0, 0.05) is 60.2 Å². The summed E-state index contributed by atoms with van der Waals surface area (Å²) in [6.07, 6.45) is 0.883. The summed E-state index contributed by atoms with van der Waals surface area (Å²) < 4.78 is 7.45. The molecule has 0 N–H and O–H groups in total. The zero-order chi connectivity index (χ0) is 46.4. The third-order valence-electron chi connectivity index (χ3n) is 17.0. The Balaban J connectivity index is 0.957. The molecule has 3 heteroatoms. The van der Waals surface area contributed by atoms with Gasteiger partial charge in [-0.25, -0.2) is 0 Å². The fourth-order valence-electron chi connectivity index (χ4n) is 14.1. The van der Waals surface area contributed by atoms with Crippen LogP contribution in [-0.4, -0.2) is 13.7 Å². The molecule has 0 unspecified atom stereocenters. The molecule has 3 heterocycles. The molecule has 10 aromatic carbocycles. The van der Waals surface area contributed by atoms with Crippen LogP contribution in [0.5, 0.6) is 0 Å². The second-order valence-electron chi connectivity index (χ2n) is 21.2. The van der Waals surface area contributed by atoms with Crippen LogP contribution < -0.4 is 0 Å². The first-order chi connectivity index (χ1) is 34.3. The van der Waals surface area contributed by atoms with Gasteiger partial charge in [0.15, 0.2) is 0 Å². The van der Waals surface area contributed by atoms with Crippen LogP contribution in [0, 0.1) is 0 Å². The molecule has 3 aliphatic rings. The van der Waals surface area contributed by atoms with Crippen molar-refractivity contribution in [2.75, 3.05) is 0 Å². The average molecular weight is 894 g/mol. The Kier molecular flexibility index (Phi) is 7.28. The number of hydrogen-bond donors (Lipinski definition) is 0. The molecule has 0 saturated carbocycles. The van der Waals surface area contributed by atoms with Crippen molar-refractivity contribution in [2.24, 2.45) is 0 Å². The van der Waals surface area contributed by atoms with Crippen LogP contribution in [0.15, 0.2) is 200 Å². The van der Waals surface area contributed by atoms with Crippen molar-refractivity contribution < 1.29 is 0 Å². The second-order valence-corrected chi connectivity index (χ2v) is 21.2. The van der Waals surface area contributed by atoms with Crippen LogP contribution in [0.1, 0.15) is 61.1 Å². The van der Waals surface area contributed by atoms with E-state index in [-0.39, 0.29) is 10.8 Å². The highest BCUT2D eigenvalue weighted by molar-refractivity contribution is 6.12. The van der Waals surface area contributed by atoms with Crippen LogP contribution in [0.25, 0.3) is 116 Å². The lowest BCUT2D eigenvalue weighted by atomic mass is 9.73. The third-order valence-corrected chi connectivity index (χ3v) is 17.0. The van der Waals surface area contributed by atoms with E-state index in [1.54, 1.807) is 0 Å². The van der Waals surface area contributed by atoms with Crippen molar-refractivity contribution in [2.45, 2.75) is 44.9 Å². The van der Waals surface area contributed by atoms with E-state index in [1.807, 2.05) is 0 Å². The van der Waals surface area contributed by atoms with Crippen molar-refractivity contribution in [1.82, 2.24) is 13.7 Å². The highest BCUT2D eigenvalue weighted by Gasteiger charge is 2.49. The van der Waals surface area contributed by atoms with Crippen LogP contribution in [0.3, 0.4) is 0 Å². The predicted molar refractivity (Wildman–Crippen MR) is 293 cm³/mol. The van der Waals surface area contributed by atoms with Gasteiger partial charge in [-0.15, -0.1) is 0 Å². The van der Waals surface area contributed by atoms with Crippen LogP contribution in [0.4, 0.5) is 0 Å². The number of nitrogens with zero attached hydrogens (tertiary/aromatic N) is 3. The Morgan fingerprint density at radius 3 is 0.986 bits per heavy atom. The Hall–Kier alpha value is -8.40. The standard InChI is InChI=1S/C67H47N3/c1-66(2)53-37-41(69-57-25-13-7-19-46(57)47-20-8-14-26-58(47)69)30-33-50(53)62-52-36-39-35-40(68-55-23-11-5-17-44(55)45-18-6-12-24-56(45)68)29-32-43(39)61(52)64-63(65(62)66)51-34-31-42(38-54(51)67(64,3)4)70-59-27-15-9-21-48(59)49-22-10-16-28-60(49)70/h5-35,37-38H,36H2,1-4H3. The summed E-state index contributed by atoms with van der Waals surface area (Å²) in [5.41, 5.74) is 27.5. The Labute approximate surface area is 406 Å². The molecule has 0 bridgehead atoms. The van der Waals surface area contributed by atoms with E-state index >= 15 is 0 Å². The van der Waals surface area contributed by atoms with E-state index < -0.39 is 0 Å². The summed E-state index contributed by atoms with van der Waals surface area (Å²) in [5, 5.41) is 7.72. The SMILES string of the molecule is CC1(C)c2cc(-n3c4ccccc4c4ccccc43)ccc2-c2c1c1c(c3c2C(C)(C)c2cc(-n4c5ccccc5c5ccccc54)ccc2-3)Cc2cc(-n3c4ccccc4c4ccccc43)ccc2-1. The van der Waals surface area contributed by atoms with Gasteiger partial charge < -0.3 is 13.7 Å². The van der Waals surface area contributed by atoms with Crippen molar-refractivity contribution in [3.8, 4) is 50.4 Å². The number of para-hydroxylation sites is 6. The molecule has 3 aliphatic carbocycles. The lowest BCUT2D eigenvalue weighted by molar-refractivity contribution is 0.648. The summed E-state index contributed by atoms with van der Waals surface area (Å²) in [4.78, 5) is 0. The number of benzene rings is 10. The molecule has 330 valence electrons. The Morgan fingerprint density at radius 2 is 0.614 bits per heavy atom. The molecular weight excluding hydrogens is 847 g/mol. The molecule has 0 aliphatic heterocycles. The quantitative estimate of drug-likeness (QED) is 0.168. The van der Waals surface area contributed by atoms with E-state index in [2.05, 4.69) is 242 Å². The normalized spacial score (nSPS) is 14.7. The molecular formula is C67H47N3. The minimum atomic E-state index is -0.287. The monoisotopic (exact) mass is 893 g/mol. The highest BCUT2D eigenvalue weighted by Crippen LogP contribution is 2.65. The number of fused-ring (bicyclic) bond motifs is 21. The van der Waals surface area contributed by atoms with E-state index in [0.29, 0.717) is 0 Å². The molecule has 13 aromatic rings. The van der Waals surface area contributed by atoms with Gasteiger partial charge in [0.25, 0.3) is 0 Å². The van der Waals surface area contributed by atoms with Crippen molar-refractivity contribution in [3.05, 3.63) is 234 Å². The maximum atomic E-state index is 2.53. The molecule has 0 radical (unpaired) electrons. The summed E-state index contributed by atoms with van der Waals surface area (Å²) in [6.45, 7) is 10.00. The van der Waals surface area contributed by atoms with E-state index in [0.717, 1.165) is 6.42 Å². The highest BCUT2D eigenvalue weighted by atomic mass is 15.0. The first-order valence-corrected chi connectivity index (χ1v) is 24.9. The fraction of sp³-hybridized carbons (Fsp3) is 0.104. The molecule has 0 saturated heterocycles. The molecule has 70 heavy (non-hydrogen) atoms. The zero-order valence-electron chi connectivity index (χ0n) is 39.6. The van der Waals surface area contributed by atoms with Gasteiger partial charge in [0.05, 0.1) is 33.1 Å². The smallest absolute Gasteiger partial charge is 0.0541 e. The van der Waals surface area contributed by atoms with Gasteiger partial charge in [-0.1, -0.05) is 155 Å². The first kappa shape index (κ1) is 38.6. The summed E-state index contributed by atoms with van der Waals surface area (Å²) >= 11 is 0. The lowest BCUT2D eigenvalue weighted by Crippen LogP contribution is -2.20. The third kappa shape index (κ3) is 4.70. The van der Waals surface area contributed by atoms with Gasteiger partial charge >= 0.3 is 0 Å². The zero-order valence-corrected chi connectivity index (χ0v) is 39.6. The molecule has 0 amide bonds. The van der Waals surface area contributed by atoms with Crippen molar-refractivity contribution >= 4 is 65.4 Å². The largest absolute Gasteiger partial charge is 0.309 e. The van der Waals surface area contributed by atoms with Crippen LogP contribution >= 0.6 is 0 Å². The fourth-order valence-corrected chi connectivity index (χ4v) is 14.1. The van der Waals surface area contributed by atoms with Gasteiger partial charge in [0.2, 0.25) is 0 Å². The molecule has 16 rings (SSSR count). The van der Waals surface area contributed by atoms with Crippen LogP contribution in [-0.2, 0) is 17.3 Å². The van der Waals surface area contributed by atoms with Crippen molar-refractivity contribution in [3.63, 3.8) is 0 Å². The van der Waals surface area contributed by atoms with Gasteiger partial charge in [-0.3, -0.25) is 0 Å². The van der Waals surface area contributed by atoms with Crippen molar-refractivity contribution in [1.29, 1.82) is 0 Å². The summed E-state index contributed by atoms with van der Waals surface area (Å²) in [6, 6.07) is 75.4.